The summed E-state index contributed by atoms with van der Waals surface area (Å²) in [4.78, 5) is 18.4. The normalized spacial score (nSPS) is 18.4. The van der Waals surface area contributed by atoms with Gasteiger partial charge < -0.3 is 4.74 Å². The van der Waals surface area contributed by atoms with Crippen molar-refractivity contribution in [3.8, 4) is 17.0 Å². The van der Waals surface area contributed by atoms with E-state index in [1.165, 1.54) is 30.4 Å². The van der Waals surface area contributed by atoms with Crippen molar-refractivity contribution in [3.05, 3.63) is 46.6 Å². The first kappa shape index (κ1) is 18.5. The Morgan fingerprint density at radius 1 is 1.22 bits per heavy atom. The molecule has 0 atom stereocenters. The molecule has 2 fully saturated rings. The SMILES string of the molecule is COc1cc(-c2cc(CN3CCC(=O)CC3)ccn2)cc(C2CCC2)c1Cl. The van der Waals surface area contributed by atoms with Crippen LogP contribution in [0, 0.1) is 0 Å². The summed E-state index contributed by atoms with van der Waals surface area (Å²) in [6.45, 7) is 2.54. The van der Waals surface area contributed by atoms with E-state index in [0.717, 1.165) is 41.7 Å². The van der Waals surface area contributed by atoms with Gasteiger partial charge in [0, 0.05) is 44.2 Å². The van der Waals surface area contributed by atoms with Crippen LogP contribution in [0.1, 0.15) is 49.1 Å². The number of methoxy groups -OCH3 is 1. The van der Waals surface area contributed by atoms with Gasteiger partial charge in [0.2, 0.25) is 0 Å². The molecule has 1 aromatic carbocycles. The number of piperidine rings is 1. The molecule has 4 rings (SSSR count). The molecular formula is C22H25ClN2O2. The Kier molecular flexibility index (Phi) is 5.46. The lowest BCUT2D eigenvalue weighted by Crippen LogP contribution is -2.33. The highest BCUT2D eigenvalue weighted by molar-refractivity contribution is 6.33. The molecule has 2 aromatic rings. The largest absolute Gasteiger partial charge is 0.495 e. The molecule has 0 unspecified atom stereocenters. The maximum absolute atomic E-state index is 11.4. The zero-order chi connectivity index (χ0) is 18.8. The highest BCUT2D eigenvalue weighted by Crippen LogP contribution is 2.44. The van der Waals surface area contributed by atoms with Gasteiger partial charge in [-0.25, -0.2) is 0 Å². The van der Waals surface area contributed by atoms with Crippen LogP contribution in [-0.2, 0) is 11.3 Å². The fourth-order valence-corrected chi connectivity index (χ4v) is 4.22. The summed E-state index contributed by atoms with van der Waals surface area (Å²) in [7, 11) is 1.66. The standard InChI is InChI=1S/C22H25ClN2O2/c1-27-21-13-17(12-19(22(21)23)16-3-2-4-16)20-11-15(5-8-24-20)14-25-9-6-18(26)7-10-25/h5,8,11-13,16H,2-4,6-7,9-10,14H2,1H3. The average molecular weight is 385 g/mol. The topological polar surface area (TPSA) is 42.4 Å². The number of Topliss-reactive ketones (excluding diaryl/α,β-unsaturated/α-hetero) is 1. The van der Waals surface area contributed by atoms with Crippen LogP contribution in [0.5, 0.6) is 5.75 Å². The summed E-state index contributed by atoms with van der Waals surface area (Å²) in [5.74, 6) is 1.62. The first-order valence-corrected chi connectivity index (χ1v) is 10.1. The van der Waals surface area contributed by atoms with Crippen molar-refractivity contribution in [2.24, 2.45) is 0 Å². The van der Waals surface area contributed by atoms with Crippen LogP contribution in [0.15, 0.2) is 30.5 Å². The van der Waals surface area contributed by atoms with E-state index in [-0.39, 0.29) is 0 Å². The predicted molar refractivity (Wildman–Crippen MR) is 107 cm³/mol. The Bertz CT molecular complexity index is 838. The van der Waals surface area contributed by atoms with Crippen molar-refractivity contribution in [3.63, 3.8) is 0 Å². The van der Waals surface area contributed by atoms with E-state index in [9.17, 15) is 4.79 Å². The van der Waals surface area contributed by atoms with E-state index in [2.05, 4.69) is 28.1 Å². The molecule has 1 aliphatic carbocycles. The molecular weight excluding hydrogens is 360 g/mol. The number of pyridine rings is 1. The molecule has 142 valence electrons. The Morgan fingerprint density at radius 2 is 2.00 bits per heavy atom. The first-order chi connectivity index (χ1) is 13.1. The third-order valence-corrected chi connectivity index (χ3v) is 6.18. The van der Waals surface area contributed by atoms with Crippen LogP contribution in [0.3, 0.4) is 0 Å². The minimum atomic E-state index is 0.374. The Morgan fingerprint density at radius 3 is 2.67 bits per heavy atom. The molecule has 1 aromatic heterocycles. The number of hydrogen-bond donors (Lipinski definition) is 0. The molecule has 1 aliphatic heterocycles. The van der Waals surface area contributed by atoms with Crippen molar-refractivity contribution in [2.45, 2.75) is 44.6 Å². The van der Waals surface area contributed by atoms with Gasteiger partial charge in [-0.15, -0.1) is 0 Å². The number of nitrogens with zero attached hydrogens (tertiary/aromatic N) is 2. The average Bonchev–Trinajstić information content (AvgIpc) is 2.64. The molecule has 27 heavy (non-hydrogen) atoms. The fourth-order valence-electron chi connectivity index (χ4n) is 3.88. The molecule has 5 heteroatoms. The summed E-state index contributed by atoms with van der Waals surface area (Å²) in [5, 5.41) is 0.736. The molecule has 1 saturated heterocycles. The molecule has 2 heterocycles. The van der Waals surface area contributed by atoms with Crippen molar-refractivity contribution in [1.29, 1.82) is 0 Å². The number of halogens is 1. The van der Waals surface area contributed by atoms with Crippen LogP contribution >= 0.6 is 11.6 Å². The van der Waals surface area contributed by atoms with Gasteiger partial charge in [-0.2, -0.15) is 0 Å². The number of likely N-dealkylation sites (tertiary alicyclic amines) is 1. The Labute approximate surface area is 165 Å². The number of hydrogen-bond acceptors (Lipinski definition) is 4. The van der Waals surface area contributed by atoms with Crippen LogP contribution in [-0.4, -0.2) is 35.9 Å². The predicted octanol–water partition coefficient (Wildman–Crippen LogP) is 4.84. The number of carbonyl (C=O) groups is 1. The minimum absolute atomic E-state index is 0.374. The van der Waals surface area contributed by atoms with E-state index in [1.807, 2.05) is 12.3 Å². The van der Waals surface area contributed by atoms with Crippen LogP contribution in [0.4, 0.5) is 0 Å². The van der Waals surface area contributed by atoms with Gasteiger partial charge in [-0.3, -0.25) is 14.7 Å². The summed E-state index contributed by atoms with van der Waals surface area (Å²) in [6.07, 6.45) is 6.83. The summed E-state index contributed by atoms with van der Waals surface area (Å²) < 4.78 is 5.53. The minimum Gasteiger partial charge on any atom is -0.495 e. The third kappa shape index (κ3) is 4.02. The fraction of sp³-hybridized carbons (Fsp3) is 0.455. The van der Waals surface area contributed by atoms with Crippen molar-refractivity contribution in [1.82, 2.24) is 9.88 Å². The molecule has 0 bridgehead atoms. The Balaban J connectivity index is 1.60. The van der Waals surface area contributed by atoms with E-state index in [0.29, 0.717) is 24.5 Å². The summed E-state index contributed by atoms with van der Waals surface area (Å²) >= 11 is 6.57. The molecule has 4 nitrogen and oxygen atoms in total. The van der Waals surface area contributed by atoms with Crippen molar-refractivity contribution >= 4 is 17.4 Å². The van der Waals surface area contributed by atoms with E-state index in [4.69, 9.17) is 16.3 Å². The molecule has 0 radical (unpaired) electrons. The van der Waals surface area contributed by atoms with Gasteiger partial charge in [-0.1, -0.05) is 18.0 Å². The monoisotopic (exact) mass is 384 g/mol. The van der Waals surface area contributed by atoms with Gasteiger partial charge in [0.1, 0.15) is 11.5 Å². The molecule has 1 saturated carbocycles. The van der Waals surface area contributed by atoms with Crippen LogP contribution in [0.25, 0.3) is 11.3 Å². The number of ether oxygens (including phenoxy) is 1. The van der Waals surface area contributed by atoms with Crippen molar-refractivity contribution < 1.29 is 9.53 Å². The molecule has 0 spiro atoms. The molecule has 0 N–H and O–H groups in total. The zero-order valence-electron chi connectivity index (χ0n) is 15.7. The number of aromatic nitrogens is 1. The maximum atomic E-state index is 11.4. The van der Waals surface area contributed by atoms with Gasteiger partial charge in [-0.05, 0) is 54.2 Å². The first-order valence-electron chi connectivity index (χ1n) is 9.71. The van der Waals surface area contributed by atoms with Crippen molar-refractivity contribution in [2.75, 3.05) is 20.2 Å². The quantitative estimate of drug-likeness (QED) is 0.739. The zero-order valence-corrected chi connectivity index (χ0v) is 16.5. The third-order valence-electron chi connectivity index (χ3n) is 5.77. The maximum Gasteiger partial charge on any atom is 0.138 e. The van der Waals surface area contributed by atoms with Gasteiger partial charge >= 0.3 is 0 Å². The number of rotatable bonds is 5. The second-order valence-corrected chi connectivity index (χ2v) is 7.95. The second kappa shape index (κ2) is 7.99. The molecule has 2 aliphatic rings. The van der Waals surface area contributed by atoms with Gasteiger partial charge in [0.15, 0.2) is 0 Å². The number of benzene rings is 1. The van der Waals surface area contributed by atoms with Gasteiger partial charge in [0.05, 0.1) is 17.8 Å². The summed E-state index contributed by atoms with van der Waals surface area (Å²) in [6, 6.07) is 8.36. The lowest BCUT2D eigenvalue weighted by Gasteiger charge is -2.28. The molecule has 0 amide bonds. The second-order valence-electron chi connectivity index (χ2n) is 7.57. The lowest BCUT2D eigenvalue weighted by atomic mass is 9.79. The Hall–Kier alpha value is -1.91. The van der Waals surface area contributed by atoms with Gasteiger partial charge in [0.25, 0.3) is 0 Å². The highest BCUT2D eigenvalue weighted by Gasteiger charge is 2.25. The highest BCUT2D eigenvalue weighted by atomic mass is 35.5. The van der Waals surface area contributed by atoms with E-state index >= 15 is 0 Å². The summed E-state index contributed by atoms with van der Waals surface area (Å²) in [5.41, 5.74) is 4.39. The van der Waals surface area contributed by atoms with Crippen LogP contribution < -0.4 is 4.74 Å². The lowest BCUT2D eigenvalue weighted by molar-refractivity contribution is -0.121. The smallest absolute Gasteiger partial charge is 0.138 e. The number of ketones is 1. The van der Waals surface area contributed by atoms with E-state index in [1.54, 1.807) is 7.11 Å². The van der Waals surface area contributed by atoms with Crippen LogP contribution in [0.2, 0.25) is 5.02 Å². The number of carbonyl (C=O) groups excluding carboxylic acids is 1. The van der Waals surface area contributed by atoms with E-state index < -0.39 is 0 Å².